The molecule has 0 atom stereocenters. The average molecular weight is 224 g/mol. The SMILES string of the molecule is CCCOCCn1cc(CNC2CC2)nn1. The van der Waals surface area contributed by atoms with E-state index in [1.54, 1.807) is 0 Å². The molecule has 0 radical (unpaired) electrons. The number of hydrogen-bond acceptors (Lipinski definition) is 4. The van der Waals surface area contributed by atoms with E-state index in [2.05, 4.69) is 22.6 Å². The van der Waals surface area contributed by atoms with Crippen molar-refractivity contribution in [2.75, 3.05) is 13.2 Å². The largest absolute Gasteiger partial charge is 0.380 e. The van der Waals surface area contributed by atoms with E-state index < -0.39 is 0 Å². The highest BCUT2D eigenvalue weighted by Gasteiger charge is 2.20. The van der Waals surface area contributed by atoms with E-state index in [0.717, 1.165) is 37.9 Å². The van der Waals surface area contributed by atoms with Crippen molar-refractivity contribution >= 4 is 0 Å². The van der Waals surface area contributed by atoms with E-state index in [-0.39, 0.29) is 0 Å². The van der Waals surface area contributed by atoms with Gasteiger partial charge in [0.05, 0.1) is 18.8 Å². The van der Waals surface area contributed by atoms with E-state index in [1.807, 2.05) is 10.9 Å². The lowest BCUT2D eigenvalue weighted by Gasteiger charge is -2.01. The molecule has 5 nitrogen and oxygen atoms in total. The number of ether oxygens (including phenoxy) is 1. The molecule has 0 unspecified atom stereocenters. The van der Waals surface area contributed by atoms with Crippen LogP contribution in [0.5, 0.6) is 0 Å². The molecule has 1 aromatic heterocycles. The highest BCUT2D eigenvalue weighted by atomic mass is 16.5. The fourth-order valence-electron chi connectivity index (χ4n) is 1.47. The molecule has 1 aromatic rings. The van der Waals surface area contributed by atoms with E-state index in [1.165, 1.54) is 12.8 Å². The van der Waals surface area contributed by atoms with Crippen molar-refractivity contribution < 1.29 is 4.74 Å². The maximum absolute atomic E-state index is 5.40. The number of hydrogen-bond donors (Lipinski definition) is 1. The molecule has 1 heterocycles. The van der Waals surface area contributed by atoms with Gasteiger partial charge in [0.25, 0.3) is 0 Å². The second kappa shape index (κ2) is 5.96. The summed E-state index contributed by atoms with van der Waals surface area (Å²) in [5.74, 6) is 0. The van der Waals surface area contributed by atoms with Gasteiger partial charge in [-0.15, -0.1) is 5.10 Å². The zero-order chi connectivity index (χ0) is 11.2. The van der Waals surface area contributed by atoms with Crippen molar-refractivity contribution in [3.05, 3.63) is 11.9 Å². The Hall–Kier alpha value is -0.940. The Morgan fingerprint density at radius 2 is 2.38 bits per heavy atom. The van der Waals surface area contributed by atoms with Crippen molar-refractivity contribution in [2.45, 2.75) is 45.3 Å². The van der Waals surface area contributed by atoms with Crippen LogP contribution in [0.1, 0.15) is 31.9 Å². The molecule has 1 aliphatic rings. The predicted molar refractivity (Wildman–Crippen MR) is 61.0 cm³/mol. The van der Waals surface area contributed by atoms with Crippen LogP contribution >= 0.6 is 0 Å². The Morgan fingerprint density at radius 1 is 1.50 bits per heavy atom. The molecular formula is C11H20N4O. The van der Waals surface area contributed by atoms with E-state index >= 15 is 0 Å². The third kappa shape index (κ3) is 3.90. The Labute approximate surface area is 96.2 Å². The summed E-state index contributed by atoms with van der Waals surface area (Å²) in [6, 6.07) is 0.720. The summed E-state index contributed by atoms with van der Waals surface area (Å²) in [5, 5.41) is 11.6. The summed E-state index contributed by atoms with van der Waals surface area (Å²) in [5.41, 5.74) is 1.02. The van der Waals surface area contributed by atoms with E-state index in [4.69, 9.17) is 4.74 Å². The normalized spacial score (nSPS) is 15.6. The fraction of sp³-hybridized carbons (Fsp3) is 0.818. The maximum Gasteiger partial charge on any atom is 0.0964 e. The van der Waals surface area contributed by atoms with Crippen LogP contribution in [0.25, 0.3) is 0 Å². The van der Waals surface area contributed by atoms with Crippen LogP contribution < -0.4 is 5.32 Å². The number of nitrogens with one attached hydrogen (secondary N) is 1. The predicted octanol–water partition coefficient (Wildman–Crippen LogP) is 0.957. The van der Waals surface area contributed by atoms with Crippen LogP contribution in [0, 0.1) is 0 Å². The lowest BCUT2D eigenvalue weighted by atomic mass is 10.4. The minimum atomic E-state index is 0.715. The molecule has 0 spiro atoms. The van der Waals surface area contributed by atoms with Crippen molar-refractivity contribution in [3.8, 4) is 0 Å². The first-order chi connectivity index (χ1) is 7.88. The standard InChI is InChI=1S/C11H20N4O/c1-2-6-16-7-5-15-9-11(13-14-15)8-12-10-3-4-10/h9-10,12H,2-8H2,1H3. The Morgan fingerprint density at radius 3 is 3.12 bits per heavy atom. The van der Waals surface area contributed by atoms with Gasteiger partial charge in [0, 0.05) is 25.4 Å². The maximum atomic E-state index is 5.40. The van der Waals surface area contributed by atoms with Gasteiger partial charge in [0.15, 0.2) is 0 Å². The molecular weight excluding hydrogens is 204 g/mol. The minimum absolute atomic E-state index is 0.715. The molecule has 5 heteroatoms. The highest BCUT2D eigenvalue weighted by Crippen LogP contribution is 2.18. The van der Waals surface area contributed by atoms with Gasteiger partial charge in [0.2, 0.25) is 0 Å². The lowest BCUT2D eigenvalue weighted by Crippen LogP contribution is -2.15. The molecule has 0 amide bonds. The van der Waals surface area contributed by atoms with Crippen LogP contribution in [-0.2, 0) is 17.8 Å². The van der Waals surface area contributed by atoms with Gasteiger partial charge >= 0.3 is 0 Å². The van der Waals surface area contributed by atoms with Gasteiger partial charge in [-0.1, -0.05) is 12.1 Å². The summed E-state index contributed by atoms with van der Waals surface area (Å²) in [4.78, 5) is 0. The summed E-state index contributed by atoms with van der Waals surface area (Å²) in [6.07, 6.45) is 5.66. The first kappa shape index (κ1) is 11.5. The van der Waals surface area contributed by atoms with Crippen LogP contribution in [0.15, 0.2) is 6.20 Å². The average Bonchev–Trinajstić information content (AvgIpc) is 3.02. The molecule has 0 aromatic carbocycles. The van der Waals surface area contributed by atoms with Crippen molar-refractivity contribution in [1.29, 1.82) is 0 Å². The fourth-order valence-corrected chi connectivity index (χ4v) is 1.47. The number of nitrogens with zero attached hydrogens (tertiary/aromatic N) is 3. The molecule has 1 N–H and O–H groups in total. The molecule has 1 saturated carbocycles. The van der Waals surface area contributed by atoms with E-state index in [0.29, 0.717) is 6.61 Å². The second-order valence-electron chi connectivity index (χ2n) is 4.24. The third-order valence-corrected chi connectivity index (χ3v) is 2.55. The van der Waals surface area contributed by atoms with Gasteiger partial charge in [0.1, 0.15) is 0 Å². The number of aromatic nitrogens is 3. The smallest absolute Gasteiger partial charge is 0.0964 e. The Kier molecular flexibility index (Phi) is 4.30. The van der Waals surface area contributed by atoms with Gasteiger partial charge in [-0.05, 0) is 19.3 Å². The van der Waals surface area contributed by atoms with Crippen molar-refractivity contribution in [1.82, 2.24) is 20.3 Å². The summed E-state index contributed by atoms with van der Waals surface area (Å²) >= 11 is 0. The molecule has 0 aliphatic heterocycles. The quantitative estimate of drug-likeness (QED) is 0.668. The molecule has 1 fully saturated rings. The summed E-state index contributed by atoms with van der Waals surface area (Å²) in [6.45, 7) is 5.27. The molecule has 90 valence electrons. The molecule has 16 heavy (non-hydrogen) atoms. The zero-order valence-corrected chi connectivity index (χ0v) is 9.85. The monoisotopic (exact) mass is 224 g/mol. The van der Waals surface area contributed by atoms with Gasteiger partial charge < -0.3 is 10.1 Å². The summed E-state index contributed by atoms with van der Waals surface area (Å²) in [7, 11) is 0. The molecule has 0 bridgehead atoms. The van der Waals surface area contributed by atoms with Crippen molar-refractivity contribution in [2.24, 2.45) is 0 Å². The zero-order valence-electron chi connectivity index (χ0n) is 9.85. The van der Waals surface area contributed by atoms with Gasteiger partial charge in [-0.2, -0.15) is 0 Å². The summed E-state index contributed by atoms with van der Waals surface area (Å²) < 4.78 is 7.25. The van der Waals surface area contributed by atoms with Crippen LogP contribution in [0.4, 0.5) is 0 Å². The van der Waals surface area contributed by atoms with Gasteiger partial charge in [-0.25, -0.2) is 4.68 Å². The van der Waals surface area contributed by atoms with Crippen molar-refractivity contribution in [3.63, 3.8) is 0 Å². The van der Waals surface area contributed by atoms with Crippen LogP contribution in [-0.4, -0.2) is 34.2 Å². The van der Waals surface area contributed by atoms with E-state index in [9.17, 15) is 0 Å². The lowest BCUT2D eigenvalue weighted by molar-refractivity contribution is 0.124. The third-order valence-electron chi connectivity index (χ3n) is 2.55. The molecule has 1 aliphatic carbocycles. The first-order valence-corrected chi connectivity index (χ1v) is 6.08. The highest BCUT2D eigenvalue weighted by molar-refractivity contribution is 4.94. The Bertz CT molecular complexity index is 309. The minimum Gasteiger partial charge on any atom is -0.380 e. The topological polar surface area (TPSA) is 52.0 Å². The van der Waals surface area contributed by atoms with Gasteiger partial charge in [-0.3, -0.25) is 0 Å². The first-order valence-electron chi connectivity index (χ1n) is 6.08. The van der Waals surface area contributed by atoms with Crippen LogP contribution in [0.3, 0.4) is 0 Å². The Balaban J connectivity index is 1.64. The molecule has 0 saturated heterocycles. The van der Waals surface area contributed by atoms with Crippen LogP contribution in [0.2, 0.25) is 0 Å². The molecule has 2 rings (SSSR count). The second-order valence-corrected chi connectivity index (χ2v) is 4.24. The number of rotatable bonds is 8.